The first-order valence-electron chi connectivity index (χ1n) is 4.92. The Labute approximate surface area is 89.5 Å². The van der Waals surface area contributed by atoms with Crippen LogP contribution >= 0.6 is 0 Å². The van der Waals surface area contributed by atoms with Crippen LogP contribution in [0.1, 0.15) is 18.1 Å². The van der Waals surface area contributed by atoms with Gasteiger partial charge in [-0.05, 0) is 13.0 Å². The van der Waals surface area contributed by atoms with Crippen molar-refractivity contribution >= 4 is 5.84 Å². The maximum absolute atomic E-state index is 6.04. The number of amidine groups is 1. The molecule has 0 spiro atoms. The van der Waals surface area contributed by atoms with Gasteiger partial charge in [-0.25, -0.2) is 4.58 Å². The van der Waals surface area contributed by atoms with Crippen molar-refractivity contribution < 1.29 is 9.31 Å². The van der Waals surface area contributed by atoms with Crippen LogP contribution in [0, 0.1) is 0 Å². The molecule has 0 atom stereocenters. The second-order valence-electron chi connectivity index (χ2n) is 3.61. The lowest BCUT2D eigenvalue weighted by atomic mass is 10.1. The molecule has 1 aliphatic heterocycles. The van der Waals surface area contributed by atoms with E-state index in [4.69, 9.17) is 10.5 Å². The molecular weight excluding hydrogens is 188 g/mol. The third-order valence-corrected chi connectivity index (χ3v) is 2.60. The molecule has 0 aliphatic carbocycles. The Bertz CT molecular complexity index is 447. The average Bonchev–Trinajstić information content (AvgIpc) is 2.57. The zero-order chi connectivity index (χ0) is 10.8. The molecule has 3 heteroatoms. The number of ether oxygens (including phenoxy) is 1. The predicted octanol–water partition coefficient (Wildman–Crippen LogP) is 1.43. The summed E-state index contributed by atoms with van der Waals surface area (Å²) in [5, 5.41) is 0. The van der Waals surface area contributed by atoms with Gasteiger partial charge in [-0.1, -0.05) is 18.2 Å². The Kier molecular flexibility index (Phi) is 2.46. The second-order valence-corrected chi connectivity index (χ2v) is 3.61. The molecule has 1 aliphatic rings. The molecule has 1 aromatic rings. The summed E-state index contributed by atoms with van der Waals surface area (Å²) in [7, 11) is 1.66. The monoisotopic (exact) mass is 203 g/mol. The molecule has 1 aromatic carbocycles. The van der Waals surface area contributed by atoms with Crippen LogP contribution in [-0.4, -0.2) is 17.5 Å². The summed E-state index contributed by atoms with van der Waals surface area (Å²) in [6, 6.07) is 8.17. The topological polar surface area (TPSA) is 38.3 Å². The van der Waals surface area contributed by atoms with E-state index in [0.29, 0.717) is 0 Å². The molecule has 0 radical (unpaired) electrons. The minimum atomic E-state index is 0.794. The maximum atomic E-state index is 6.04. The van der Waals surface area contributed by atoms with Gasteiger partial charge in [0.05, 0.1) is 12.7 Å². The number of rotatable bonds is 2. The molecule has 0 unspecified atom stereocenters. The minimum absolute atomic E-state index is 0.794. The first-order valence-corrected chi connectivity index (χ1v) is 4.92. The largest absolute Gasteiger partial charge is 0.498 e. The van der Waals surface area contributed by atoms with E-state index in [9.17, 15) is 0 Å². The van der Waals surface area contributed by atoms with E-state index in [0.717, 1.165) is 23.7 Å². The molecule has 2 rings (SSSR count). The van der Waals surface area contributed by atoms with Gasteiger partial charge in [-0.2, -0.15) is 0 Å². The normalized spacial score (nSPS) is 15.5. The number of fused-ring (bicyclic) bond motifs is 1. The highest BCUT2D eigenvalue weighted by Crippen LogP contribution is 2.16. The third kappa shape index (κ3) is 1.73. The van der Waals surface area contributed by atoms with Crippen molar-refractivity contribution in [2.75, 3.05) is 7.11 Å². The summed E-state index contributed by atoms with van der Waals surface area (Å²) in [6.45, 7) is 2.74. The molecule has 0 saturated carbocycles. The number of nitrogens with two attached hydrogens (primary N) is 1. The Morgan fingerprint density at radius 3 is 2.87 bits per heavy atom. The SMILES string of the molecule is CO/C(C)=C/[N+]1=C(N)c2ccccc2C1. The molecule has 0 saturated heterocycles. The molecule has 15 heavy (non-hydrogen) atoms. The Hall–Kier alpha value is -1.77. The van der Waals surface area contributed by atoms with E-state index >= 15 is 0 Å². The van der Waals surface area contributed by atoms with Crippen LogP contribution in [0.15, 0.2) is 36.2 Å². The van der Waals surface area contributed by atoms with Crippen LogP contribution in [0.4, 0.5) is 0 Å². The van der Waals surface area contributed by atoms with Crippen LogP contribution in [-0.2, 0) is 11.3 Å². The van der Waals surface area contributed by atoms with Gasteiger partial charge in [0.15, 0.2) is 0 Å². The van der Waals surface area contributed by atoms with Crippen LogP contribution in [0.3, 0.4) is 0 Å². The van der Waals surface area contributed by atoms with E-state index < -0.39 is 0 Å². The lowest BCUT2D eigenvalue weighted by molar-refractivity contribution is -0.471. The predicted molar refractivity (Wildman–Crippen MR) is 59.5 cm³/mol. The summed E-state index contributed by atoms with van der Waals surface area (Å²) in [5.41, 5.74) is 8.42. The smallest absolute Gasteiger partial charge is 0.280 e. The number of methoxy groups -OCH3 is 1. The molecular formula is C12H15N2O+. The Balaban J connectivity index is 2.37. The molecule has 0 fully saturated rings. The van der Waals surface area contributed by atoms with Crippen LogP contribution in [0.5, 0.6) is 0 Å². The van der Waals surface area contributed by atoms with Crippen molar-refractivity contribution in [3.05, 3.63) is 47.4 Å². The number of hydrogen-bond acceptors (Lipinski definition) is 2. The highest BCUT2D eigenvalue weighted by atomic mass is 16.5. The lowest BCUT2D eigenvalue weighted by Gasteiger charge is -1.98. The van der Waals surface area contributed by atoms with Crippen molar-refractivity contribution in [3.8, 4) is 0 Å². The van der Waals surface area contributed by atoms with Gasteiger partial charge in [0.2, 0.25) is 0 Å². The van der Waals surface area contributed by atoms with Crippen molar-refractivity contribution in [2.45, 2.75) is 13.5 Å². The maximum Gasteiger partial charge on any atom is 0.280 e. The summed E-state index contributed by atoms with van der Waals surface area (Å²) in [4.78, 5) is 0. The first-order chi connectivity index (χ1) is 7.22. The Morgan fingerprint density at radius 2 is 2.20 bits per heavy atom. The summed E-state index contributed by atoms with van der Waals surface area (Å²) in [5.74, 6) is 1.65. The van der Waals surface area contributed by atoms with Crippen molar-refractivity contribution in [1.82, 2.24) is 0 Å². The van der Waals surface area contributed by atoms with E-state index in [-0.39, 0.29) is 0 Å². The van der Waals surface area contributed by atoms with Crippen LogP contribution in [0.2, 0.25) is 0 Å². The van der Waals surface area contributed by atoms with Gasteiger partial charge < -0.3 is 4.74 Å². The first kappa shape index (κ1) is 9.77. The van der Waals surface area contributed by atoms with Gasteiger partial charge in [-0.3, -0.25) is 5.73 Å². The average molecular weight is 203 g/mol. The van der Waals surface area contributed by atoms with Crippen LogP contribution < -0.4 is 5.73 Å². The lowest BCUT2D eigenvalue weighted by Crippen LogP contribution is -2.19. The standard InChI is InChI=1S/C12H14N2O/c1-9(15-2)7-14-8-10-5-3-4-6-11(10)12(14)13/h3-7,13H,8H2,1-2H3/p+1/b9-7+. The van der Waals surface area contributed by atoms with E-state index in [1.165, 1.54) is 5.56 Å². The molecule has 0 amide bonds. The molecule has 0 bridgehead atoms. The summed E-state index contributed by atoms with van der Waals surface area (Å²) < 4.78 is 7.11. The fraction of sp³-hybridized carbons (Fsp3) is 0.250. The summed E-state index contributed by atoms with van der Waals surface area (Å²) >= 11 is 0. The molecule has 78 valence electrons. The molecule has 0 aromatic heterocycles. The highest BCUT2D eigenvalue weighted by molar-refractivity contribution is 5.96. The molecule has 2 N–H and O–H groups in total. The third-order valence-electron chi connectivity index (χ3n) is 2.60. The number of nitrogens with zero attached hydrogens (tertiary/aromatic N) is 1. The van der Waals surface area contributed by atoms with Crippen molar-refractivity contribution in [3.63, 3.8) is 0 Å². The number of hydrogen-bond donors (Lipinski definition) is 1. The van der Waals surface area contributed by atoms with Crippen molar-refractivity contribution in [1.29, 1.82) is 0 Å². The van der Waals surface area contributed by atoms with Gasteiger partial charge in [0.1, 0.15) is 18.5 Å². The number of benzene rings is 1. The van der Waals surface area contributed by atoms with E-state index in [2.05, 4.69) is 6.07 Å². The number of allylic oxidation sites excluding steroid dienone is 1. The minimum Gasteiger partial charge on any atom is -0.498 e. The second kappa shape index (κ2) is 3.77. The fourth-order valence-corrected chi connectivity index (χ4v) is 1.72. The zero-order valence-electron chi connectivity index (χ0n) is 9.03. The van der Waals surface area contributed by atoms with Crippen molar-refractivity contribution in [2.24, 2.45) is 5.73 Å². The van der Waals surface area contributed by atoms with Gasteiger partial charge in [0, 0.05) is 5.56 Å². The quantitative estimate of drug-likeness (QED) is 0.583. The Morgan fingerprint density at radius 1 is 1.47 bits per heavy atom. The highest BCUT2D eigenvalue weighted by Gasteiger charge is 2.22. The van der Waals surface area contributed by atoms with Crippen LogP contribution in [0.25, 0.3) is 0 Å². The van der Waals surface area contributed by atoms with E-state index in [1.807, 2.05) is 35.9 Å². The molecule has 3 nitrogen and oxygen atoms in total. The zero-order valence-corrected chi connectivity index (χ0v) is 9.03. The van der Waals surface area contributed by atoms with Gasteiger partial charge in [0.25, 0.3) is 5.84 Å². The fourth-order valence-electron chi connectivity index (χ4n) is 1.72. The van der Waals surface area contributed by atoms with E-state index in [1.54, 1.807) is 7.11 Å². The van der Waals surface area contributed by atoms with Gasteiger partial charge >= 0.3 is 0 Å². The summed E-state index contributed by atoms with van der Waals surface area (Å²) in [6.07, 6.45) is 1.93. The molecule has 1 heterocycles. The van der Waals surface area contributed by atoms with Gasteiger partial charge in [-0.15, -0.1) is 0 Å².